The molecule has 216 valence electrons. The summed E-state index contributed by atoms with van der Waals surface area (Å²) in [5.41, 5.74) is 17.7. The van der Waals surface area contributed by atoms with E-state index in [1.165, 1.54) is 0 Å². The molecule has 1 saturated heterocycles. The molecule has 1 aliphatic heterocycles. The Morgan fingerprint density at radius 1 is 1.07 bits per heavy atom. The predicted molar refractivity (Wildman–Crippen MR) is 157 cm³/mol. The van der Waals surface area contributed by atoms with E-state index in [0.717, 1.165) is 49.8 Å². The summed E-state index contributed by atoms with van der Waals surface area (Å²) in [7, 11) is 2.09. The summed E-state index contributed by atoms with van der Waals surface area (Å²) in [5.74, 6) is -4.16. The highest BCUT2D eigenvalue weighted by molar-refractivity contribution is 5.93. The van der Waals surface area contributed by atoms with Gasteiger partial charge in [-0.15, -0.1) is 0 Å². The molecule has 1 aromatic heterocycles. The number of likely N-dealkylation sites (N-methyl/N-ethyl adjacent to an activating group) is 1. The molecule has 4 rings (SSSR count). The molecule has 0 atom stereocenters. The number of aryl methyl sites for hydroxylation is 1. The quantitative estimate of drug-likeness (QED) is 0.380. The van der Waals surface area contributed by atoms with E-state index >= 15 is 0 Å². The second kappa shape index (κ2) is 13.3. The van der Waals surface area contributed by atoms with Crippen molar-refractivity contribution in [2.75, 3.05) is 56.6 Å². The number of pyridine rings is 1. The Balaban J connectivity index is 0.000000587. The maximum atomic E-state index is 12.6. The van der Waals surface area contributed by atoms with Crippen LogP contribution in [0, 0.1) is 18.3 Å². The molecule has 0 radical (unpaired) electrons. The molecule has 41 heavy (non-hydrogen) atoms. The molecule has 2 aromatic carbocycles. The van der Waals surface area contributed by atoms with Crippen LogP contribution >= 0.6 is 0 Å². The van der Waals surface area contributed by atoms with Gasteiger partial charge in [-0.3, -0.25) is 14.5 Å². The van der Waals surface area contributed by atoms with Crippen molar-refractivity contribution in [3.8, 4) is 28.5 Å². The minimum Gasteiger partial charge on any atom is -0.398 e. The molecule has 3 aromatic rings. The third-order valence-electron chi connectivity index (χ3n) is 6.68. The van der Waals surface area contributed by atoms with E-state index in [2.05, 4.69) is 33.2 Å². The number of nitriles is 1. The zero-order chi connectivity index (χ0) is 30.3. The molecule has 9 nitrogen and oxygen atoms in total. The lowest BCUT2D eigenvalue weighted by Gasteiger charge is -2.31. The van der Waals surface area contributed by atoms with E-state index in [1.807, 2.05) is 55.5 Å². The number of piperazine rings is 1. The Kier molecular flexibility index (Phi) is 10.1. The van der Waals surface area contributed by atoms with Gasteiger partial charge in [0.1, 0.15) is 17.5 Å². The molecule has 0 unspecified atom stereocenters. The Labute approximate surface area is 238 Å². The molecule has 0 bridgehead atoms. The monoisotopic (exact) mass is 563 g/mol. The Hall–Kier alpha value is -4.40. The van der Waals surface area contributed by atoms with Gasteiger partial charge < -0.3 is 21.7 Å². The van der Waals surface area contributed by atoms with E-state index < -0.39 is 11.7 Å². The number of nitrogen functional groups attached to an aromatic ring is 2. The van der Waals surface area contributed by atoms with E-state index in [-0.39, 0.29) is 17.3 Å². The fraction of sp³-hybridized carbons (Fsp3) is 0.333. The number of nitrogens with zero attached hydrogens (tertiary/aromatic N) is 4. The Morgan fingerprint density at radius 3 is 2.34 bits per heavy atom. The summed E-state index contributed by atoms with van der Waals surface area (Å²) in [4.78, 5) is 31.2. The minimum atomic E-state index is -3.14. The van der Waals surface area contributed by atoms with Gasteiger partial charge in [-0.05, 0) is 49.9 Å². The van der Waals surface area contributed by atoms with Gasteiger partial charge in [0.2, 0.25) is 5.91 Å². The number of nitrogens with one attached hydrogen (secondary N) is 1. The average molecular weight is 564 g/mol. The number of alkyl halides is 2. The molecule has 0 saturated carbocycles. The largest absolute Gasteiger partial charge is 0.398 e. The zero-order valence-electron chi connectivity index (χ0n) is 23.7. The van der Waals surface area contributed by atoms with Crippen molar-refractivity contribution in [2.45, 2.75) is 26.7 Å². The van der Waals surface area contributed by atoms with E-state index in [9.17, 15) is 23.6 Å². The third-order valence-corrected chi connectivity index (χ3v) is 6.68. The van der Waals surface area contributed by atoms with Crippen molar-refractivity contribution in [1.82, 2.24) is 14.8 Å². The molecule has 1 amide bonds. The number of carbonyl (C=O) groups is 2. The van der Waals surface area contributed by atoms with Crippen molar-refractivity contribution in [2.24, 2.45) is 0 Å². The number of aromatic nitrogens is 1. The number of carbonyl (C=O) groups excluding carboxylic acids is 2. The summed E-state index contributed by atoms with van der Waals surface area (Å²) >= 11 is 0. The summed E-state index contributed by atoms with van der Waals surface area (Å²) in [6, 6.07) is 17.1. The highest BCUT2D eigenvalue weighted by Crippen LogP contribution is 2.34. The number of benzene rings is 2. The van der Waals surface area contributed by atoms with Crippen LogP contribution in [0.1, 0.15) is 25.0 Å². The van der Waals surface area contributed by atoms with Crippen LogP contribution < -0.4 is 16.8 Å². The van der Waals surface area contributed by atoms with Crippen LogP contribution in [-0.2, 0) is 9.59 Å². The Morgan fingerprint density at radius 2 is 1.73 bits per heavy atom. The van der Waals surface area contributed by atoms with Crippen LogP contribution in [0.3, 0.4) is 0 Å². The lowest BCUT2D eigenvalue weighted by molar-refractivity contribution is -0.138. The molecule has 0 spiro atoms. The number of Topliss-reactive ketones (excluding diaryl/α,β-unsaturated/α-hetero) is 1. The summed E-state index contributed by atoms with van der Waals surface area (Å²) < 4.78 is 23.0. The third kappa shape index (κ3) is 8.54. The smallest absolute Gasteiger partial charge is 0.302 e. The zero-order valence-corrected chi connectivity index (χ0v) is 23.7. The molecule has 5 N–H and O–H groups in total. The lowest BCUT2D eigenvalue weighted by atomic mass is 9.97. The lowest BCUT2D eigenvalue weighted by Crippen LogP contribution is -2.47. The maximum absolute atomic E-state index is 12.6. The van der Waals surface area contributed by atoms with E-state index in [1.54, 1.807) is 0 Å². The molecule has 2 heterocycles. The fourth-order valence-electron chi connectivity index (χ4n) is 4.11. The number of hydrogen-bond donors (Lipinski definition) is 3. The van der Waals surface area contributed by atoms with Gasteiger partial charge in [0, 0.05) is 62.5 Å². The molecule has 11 heteroatoms. The van der Waals surface area contributed by atoms with Crippen molar-refractivity contribution < 1.29 is 18.4 Å². The Bertz CT molecular complexity index is 1460. The van der Waals surface area contributed by atoms with Gasteiger partial charge in [-0.2, -0.15) is 14.0 Å². The number of nitrogens with two attached hydrogens (primary N) is 2. The SMILES string of the molecule is CC(=O)C(C)(F)F.Cc1ccc(N)c(-c2cc(-c3cccc(NC(=O)CN4CCN(C)CC4)c3)c(C#N)c(N)n2)c1. The van der Waals surface area contributed by atoms with Crippen LogP contribution in [-0.4, -0.2) is 72.2 Å². The van der Waals surface area contributed by atoms with Crippen molar-refractivity contribution >= 4 is 28.9 Å². The summed E-state index contributed by atoms with van der Waals surface area (Å²) in [6.45, 7) is 7.42. The normalized spacial score (nSPS) is 14.0. The van der Waals surface area contributed by atoms with Crippen molar-refractivity contribution in [3.05, 3.63) is 59.7 Å². The highest BCUT2D eigenvalue weighted by Gasteiger charge is 2.26. The molecule has 0 aliphatic carbocycles. The summed E-state index contributed by atoms with van der Waals surface area (Å²) in [5, 5.41) is 12.7. The van der Waals surface area contributed by atoms with Crippen molar-refractivity contribution in [1.29, 1.82) is 5.26 Å². The van der Waals surface area contributed by atoms with E-state index in [4.69, 9.17) is 11.5 Å². The average Bonchev–Trinajstić information content (AvgIpc) is 2.91. The highest BCUT2D eigenvalue weighted by atomic mass is 19.3. The number of anilines is 3. The first kappa shape index (κ1) is 31.1. The minimum absolute atomic E-state index is 0.0651. The van der Waals surface area contributed by atoms with Gasteiger partial charge in [0.05, 0.1) is 12.2 Å². The van der Waals surface area contributed by atoms with Crippen molar-refractivity contribution in [3.63, 3.8) is 0 Å². The number of ketones is 1. The van der Waals surface area contributed by atoms with Gasteiger partial charge in [0.15, 0.2) is 5.78 Å². The van der Waals surface area contributed by atoms with Gasteiger partial charge in [-0.25, -0.2) is 4.98 Å². The molecular weight excluding hydrogens is 528 g/mol. The molecular formula is C30H35F2N7O2. The number of rotatable bonds is 6. The first-order chi connectivity index (χ1) is 19.3. The molecule has 1 fully saturated rings. The van der Waals surface area contributed by atoms with Crippen LogP contribution in [0.5, 0.6) is 0 Å². The first-order valence-electron chi connectivity index (χ1n) is 13.1. The van der Waals surface area contributed by atoms with Gasteiger partial charge >= 0.3 is 5.92 Å². The fourth-order valence-corrected chi connectivity index (χ4v) is 4.11. The number of amides is 1. The maximum Gasteiger partial charge on any atom is 0.302 e. The topological polar surface area (TPSA) is 141 Å². The second-order valence-electron chi connectivity index (χ2n) is 10.2. The van der Waals surface area contributed by atoms with Crippen LogP contribution in [0.25, 0.3) is 22.4 Å². The van der Waals surface area contributed by atoms with E-state index in [0.29, 0.717) is 36.1 Å². The standard InChI is InChI=1S/C26H29N7O.C4H6F2O/c1-17-6-7-23(28)21(12-17)24-14-20(22(15-27)26(29)31-24)18-4-3-5-19(13-18)30-25(34)16-33-10-8-32(2)9-11-33;1-3(7)4(2,5)6/h3-7,12-14H,8-11,16,28H2,1-2H3,(H2,29,31)(H,30,34);1-2H3. The summed E-state index contributed by atoms with van der Waals surface area (Å²) in [6.07, 6.45) is 0. The predicted octanol–water partition coefficient (Wildman–Crippen LogP) is 4.18. The van der Waals surface area contributed by atoms with Gasteiger partial charge in [-0.1, -0.05) is 23.8 Å². The van der Waals surface area contributed by atoms with Crippen LogP contribution in [0.4, 0.5) is 26.0 Å². The van der Waals surface area contributed by atoms with Gasteiger partial charge in [0.25, 0.3) is 0 Å². The number of hydrogen-bond acceptors (Lipinski definition) is 8. The second-order valence-corrected chi connectivity index (χ2v) is 10.2. The van der Waals surface area contributed by atoms with Crippen LogP contribution in [0.2, 0.25) is 0 Å². The molecule has 1 aliphatic rings. The van der Waals surface area contributed by atoms with Crippen LogP contribution in [0.15, 0.2) is 48.5 Å². The number of halogens is 2. The first-order valence-corrected chi connectivity index (χ1v) is 13.1.